The highest BCUT2D eigenvalue weighted by molar-refractivity contribution is 5.38. The highest BCUT2D eigenvalue weighted by atomic mass is 16.6. The fourth-order valence-electron chi connectivity index (χ4n) is 1.44. The van der Waals surface area contributed by atoms with E-state index in [-0.39, 0.29) is 5.69 Å². The predicted molar refractivity (Wildman–Crippen MR) is 64.7 cm³/mol. The van der Waals surface area contributed by atoms with Crippen molar-refractivity contribution in [2.45, 2.75) is 6.54 Å². The number of aromatic nitrogens is 1. The zero-order chi connectivity index (χ0) is 12.1. The van der Waals surface area contributed by atoms with Gasteiger partial charge in [-0.15, -0.1) is 0 Å². The van der Waals surface area contributed by atoms with Crippen LogP contribution in [-0.4, -0.2) is 9.91 Å². The van der Waals surface area contributed by atoms with E-state index in [4.69, 9.17) is 0 Å². The summed E-state index contributed by atoms with van der Waals surface area (Å²) in [6, 6.07) is 12.1. The third-order valence-electron chi connectivity index (χ3n) is 2.26. The molecule has 0 fully saturated rings. The summed E-state index contributed by atoms with van der Waals surface area (Å²) in [5.74, 6) is 0.749. The van der Waals surface area contributed by atoms with E-state index in [1.165, 1.54) is 6.07 Å². The van der Waals surface area contributed by atoms with E-state index < -0.39 is 4.92 Å². The number of benzene rings is 1. The van der Waals surface area contributed by atoms with Crippen LogP contribution in [0.5, 0.6) is 0 Å². The lowest BCUT2D eigenvalue weighted by Gasteiger charge is -2.04. The number of nitro benzene ring substituents is 1. The molecule has 5 nitrogen and oxygen atoms in total. The van der Waals surface area contributed by atoms with E-state index in [0.717, 1.165) is 11.4 Å². The van der Waals surface area contributed by atoms with Crippen LogP contribution in [0.2, 0.25) is 0 Å². The first-order valence-electron chi connectivity index (χ1n) is 5.14. The first-order chi connectivity index (χ1) is 8.25. The molecule has 1 heterocycles. The van der Waals surface area contributed by atoms with Crippen LogP contribution in [0.25, 0.3) is 0 Å². The van der Waals surface area contributed by atoms with E-state index in [1.807, 2.05) is 24.3 Å². The van der Waals surface area contributed by atoms with E-state index in [0.29, 0.717) is 6.54 Å². The molecule has 1 N–H and O–H groups in total. The second kappa shape index (κ2) is 5.07. The van der Waals surface area contributed by atoms with Gasteiger partial charge in [0, 0.05) is 24.9 Å². The molecule has 86 valence electrons. The molecular weight excluding hydrogens is 218 g/mol. The number of anilines is 1. The maximum atomic E-state index is 10.6. The molecule has 0 aliphatic rings. The summed E-state index contributed by atoms with van der Waals surface area (Å²) in [5.41, 5.74) is 0.954. The van der Waals surface area contributed by atoms with Gasteiger partial charge in [0.1, 0.15) is 5.82 Å². The molecule has 0 unspecified atom stereocenters. The molecule has 0 radical (unpaired) electrons. The first-order valence-corrected chi connectivity index (χ1v) is 5.14. The lowest BCUT2D eigenvalue weighted by molar-refractivity contribution is -0.384. The molecule has 0 amide bonds. The number of non-ortho nitro benzene ring substituents is 1. The second-order valence-electron chi connectivity index (χ2n) is 3.50. The molecule has 0 saturated carbocycles. The van der Waals surface area contributed by atoms with Crippen LogP contribution in [0.15, 0.2) is 48.7 Å². The van der Waals surface area contributed by atoms with Gasteiger partial charge in [0.25, 0.3) is 5.69 Å². The zero-order valence-electron chi connectivity index (χ0n) is 9.04. The molecule has 0 spiro atoms. The fraction of sp³-hybridized carbons (Fsp3) is 0.0833. The quantitative estimate of drug-likeness (QED) is 0.646. The summed E-state index contributed by atoms with van der Waals surface area (Å²) in [6.45, 7) is 0.513. The Morgan fingerprint density at radius 2 is 2.12 bits per heavy atom. The number of hydrogen-bond donors (Lipinski definition) is 1. The first kappa shape index (κ1) is 11.1. The Labute approximate surface area is 98.3 Å². The Hall–Kier alpha value is -2.43. The third kappa shape index (κ3) is 3.01. The number of nitro groups is 1. The van der Waals surface area contributed by atoms with E-state index in [9.17, 15) is 10.1 Å². The molecule has 1 aromatic carbocycles. The van der Waals surface area contributed by atoms with Crippen LogP contribution < -0.4 is 5.32 Å². The number of pyridine rings is 1. The van der Waals surface area contributed by atoms with E-state index in [2.05, 4.69) is 10.3 Å². The van der Waals surface area contributed by atoms with Gasteiger partial charge in [-0.2, -0.15) is 0 Å². The highest BCUT2D eigenvalue weighted by Crippen LogP contribution is 2.14. The minimum Gasteiger partial charge on any atom is -0.366 e. The van der Waals surface area contributed by atoms with Crippen LogP contribution in [0, 0.1) is 10.1 Å². The topological polar surface area (TPSA) is 68.1 Å². The maximum Gasteiger partial charge on any atom is 0.269 e. The summed E-state index contributed by atoms with van der Waals surface area (Å²) in [7, 11) is 0. The van der Waals surface area contributed by atoms with E-state index >= 15 is 0 Å². The smallest absolute Gasteiger partial charge is 0.269 e. The minimum atomic E-state index is -0.399. The van der Waals surface area contributed by atoms with Crippen LogP contribution in [-0.2, 0) is 6.54 Å². The summed E-state index contributed by atoms with van der Waals surface area (Å²) < 4.78 is 0. The van der Waals surface area contributed by atoms with Gasteiger partial charge in [-0.25, -0.2) is 4.98 Å². The molecule has 0 atom stereocenters. The average Bonchev–Trinajstić information content (AvgIpc) is 2.38. The van der Waals surface area contributed by atoms with Gasteiger partial charge >= 0.3 is 0 Å². The number of rotatable bonds is 4. The number of nitrogens with one attached hydrogen (secondary N) is 1. The van der Waals surface area contributed by atoms with Crippen molar-refractivity contribution in [1.29, 1.82) is 0 Å². The maximum absolute atomic E-state index is 10.6. The van der Waals surface area contributed by atoms with Gasteiger partial charge in [0.2, 0.25) is 0 Å². The molecule has 2 aromatic rings. The molecule has 2 rings (SSSR count). The van der Waals surface area contributed by atoms with Crippen LogP contribution >= 0.6 is 0 Å². The van der Waals surface area contributed by atoms with Gasteiger partial charge in [0.05, 0.1) is 4.92 Å². The summed E-state index contributed by atoms with van der Waals surface area (Å²) >= 11 is 0. The Balaban J connectivity index is 2.04. The molecule has 5 heteroatoms. The molecule has 1 aromatic heterocycles. The van der Waals surface area contributed by atoms with Crippen molar-refractivity contribution in [3.05, 3.63) is 64.3 Å². The standard InChI is InChI=1S/C12H11N3O2/c16-15(17)11-5-3-4-10(8-11)9-14-12-6-1-2-7-13-12/h1-8H,9H2,(H,13,14). The fourth-order valence-corrected chi connectivity index (χ4v) is 1.44. The Morgan fingerprint density at radius 1 is 1.24 bits per heavy atom. The Morgan fingerprint density at radius 3 is 2.82 bits per heavy atom. The second-order valence-corrected chi connectivity index (χ2v) is 3.50. The normalized spacial score (nSPS) is 9.88. The summed E-state index contributed by atoms with van der Waals surface area (Å²) in [4.78, 5) is 14.3. The van der Waals surface area contributed by atoms with Gasteiger partial charge in [-0.05, 0) is 17.7 Å². The van der Waals surface area contributed by atoms with Gasteiger partial charge in [-0.1, -0.05) is 18.2 Å². The van der Waals surface area contributed by atoms with Crippen LogP contribution in [0.4, 0.5) is 11.5 Å². The number of nitrogens with zero attached hydrogens (tertiary/aromatic N) is 2. The predicted octanol–water partition coefficient (Wildman–Crippen LogP) is 2.60. The Bertz CT molecular complexity index is 514. The molecule has 0 bridgehead atoms. The molecular formula is C12H11N3O2. The van der Waals surface area contributed by atoms with Crippen molar-refractivity contribution < 1.29 is 4.92 Å². The largest absolute Gasteiger partial charge is 0.366 e. The van der Waals surface area contributed by atoms with Gasteiger partial charge in [-0.3, -0.25) is 10.1 Å². The SMILES string of the molecule is O=[N+]([O-])c1cccc(CNc2ccccn2)c1. The van der Waals surface area contributed by atoms with Crippen molar-refractivity contribution in [2.24, 2.45) is 0 Å². The van der Waals surface area contributed by atoms with Gasteiger partial charge < -0.3 is 5.32 Å². The lowest BCUT2D eigenvalue weighted by Crippen LogP contribution is -2.01. The summed E-state index contributed by atoms with van der Waals surface area (Å²) in [5, 5.41) is 13.7. The molecule has 0 saturated heterocycles. The average molecular weight is 229 g/mol. The molecule has 17 heavy (non-hydrogen) atoms. The number of hydrogen-bond acceptors (Lipinski definition) is 4. The van der Waals surface area contributed by atoms with Crippen molar-refractivity contribution >= 4 is 11.5 Å². The van der Waals surface area contributed by atoms with Crippen LogP contribution in [0.3, 0.4) is 0 Å². The molecule has 0 aliphatic heterocycles. The van der Waals surface area contributed by atoms with Crippen molar-refractivity contribution in [2.75, 3.05) is 5.32 Å². The van der Waals surface area contributed by atoms with Gasteiger partial charge in [0.15, 0.2) is 0 Å². The highest BCUT2D eigenvalue weighted by Gasteiger charge is 2.05. The van der Waals surface area contributed by atoms with Crippen molar-refractivity contribution in [1.82, 2.24) is 4.98 Å². The lowest BCUT2D eigenvalue weighted by atomic mass is 10.2. The monoisotopic (exact) mass is 229 g/mol. The van der Waals surface area contributed by atoms with Crippen molar-refractivity contribution in [3.63, 3.8) is 0 Å². The Kier molecular flexibility index (Phi) is 3.30. The minimum absolute atomic E-state index is 0.102. The van der Waals surface area contributed by atoms with Crippen molar-refractivity contribution in [3.8, 4) is 0 Å². The molecule has 0 aliphatic carbocycles. The van der Waals surface area contributed by atoms with Crippen LogP contribution in [0.1, 0.15) is 5.56 Å². The summed E-state index contributed by atoms with van der Waals surface area (Å²) in [6.07, 6.45) is 1.69. The van der Waals surface area contributed by atoms with E-state index in [1.54, 1.807) is 18.3 Å². The zero-order valence-corrected chi connectivity index (χ0v) is 9.04. The third-order valence-corrected chi connectivity index (χ3v) is 2.26.